The summed E-state index contributed by atoms with van der Waals surface area (Å²) in [5, 5.41) is 3.39. The molecule has 0 radical (unpaired) electrons. The molecule has 0 aromatic heterocycles. The topological polar surface area (TPSA) is 18.5 Å². The number of nitrogens with zero attached hydrogens (tertiary/aromatic N) is 2. The molecule has 2 saturated heterocycles. The first-order chi connectivity index (χ1) is 10.3. The highest BCUT2D eigenvalue weighted by atomic mass is 79.9. The highest BCUT2D eigenvalue weighted by Gasteiger charge is 2.29. The van der Waals surface area contributed by atoms with Gasteiger partial charge in [-0.05, 0) is 59.6 Å². The standard InChI is InChI=1S/C17H26BrN3/c1-2-19-12-14-6-7-17(16(18)11-14)21-10-9-20-8-4-3-5-15(20)13-21/h6-7,11,15,19H,2-5,8-10,12-13H2,1H3. The van der Waals surface area contributed by atoms with Crippen LogP contribution in [0.2, 0.25) is 0 Å². The van der Waals surface area contributed by atoms with Gasteiger partial charge in [-0.1, -0.05) is 19.4 Å². The van der Waals surface area contributed by atoms with Crippen LogP contribution < -0.4 is 10.2 Å². The van der Waals surface area contributed by atoms with Gasteiger partial charge in [-0.2, -0.15) is 0 Å². The number of rotatable bonds is 4. The van der Waals surface area contributed by atoms with Crippen LogP contribution in [-0.2, 0) is 6.54 Å². The molecule has 1 atom stereocenters. The summed E-state index contributed by atoms with van der Waals surface area (Å²) < 4.78 is 1.24. The second kappa shape index (κ2) is 7.12. The van der Waals surface area contributed by atoms with E-state index in [1.54, 1.807) is 0 Å². The van der Waals surface area contributed by atoms with E-state index in [2.05, 4.69) is 56.2 Å². The molecule has 4 heteroatoms. The van der Waals surface area contributed by atoms with Gasteiger partial charge in [0.15, 0.2) is 0 Å². The first kappa shape index (κ1) is 15.3. The van der Waals surface area contributed by atoms with E-state index in [-0.39, 0.29) is 0 Å². The molecule has 0 aliphatic carbocycles. The zero-order valence-corrected chi connectivity index (χ0v) is 14.5. The van der Waals surface area contributed by atoms with Gasteiger partial charge in [-0.25, -0.2) is 0 Å². The predicted molar refractivity (Wildman–Crippen MR) is 92.9 cm³/mol. The van der Waals surface area contributed by atoms with Crippen LogP contribution >= 0.6 is 15.9 Å². The third-order valence-corrected chi connectivity index (χ3v) is 5.40. The van der Waals surface area contributed by atoms with Gasteiger partial charge >= 0.3 is 0 Å². The molecule has 0 spiro atoms. The quantitative estimate of drug-likeness (QED) is 0.898. The average molecular weight is 352 g/mol. The normalized spacial score (nSPS) is 23.1. The molecule has 1 unspecified atom stereocenters. The third-order valence-electron chi connectivity index (χ3n) is 4.77. The van der Waals surface area contributed by atoms with Crippen LogP contribution in [0.5, 0.6) is 0 Å². The summed E-state index contributed by atoms with van der Waals surface area (Å²) in [7, 11) is 0. The molecule has 3 rings (SSSR count). The second-order valence-corrected chi connectivity index (χ2v) is 7.05. The minimum atomic E-state index is 0.765. The van der Waals surface area contributed by atoms with E-state index in [1.807, 2.05) is 0 Å². The van der Waals surface area contributed by atoms with Crippen LogP contribution in [0.15, 0.2) is 22.7 Å². The maximum Gasteiger partial charge on any atom is 0.0511 e. The van der Waals surface area contributed by atoms with Crippen molar-refractivity contribution >= 4 is 21.6 Å². The first-order valence-corrected chi connectivity index (χ1v) is 9.05. The summed E-state index contributed by atoms with van der Waals surface area (Å²) in [6.07, 6.45) is 4.16. The van der Waals surface area contributed by atoms with Crippen LogP contribution in [-0.4, -0.2) is 43.7 Å². The van der Waals surface area contributed by atoms with Crippen LogP contribution in [0.1, 0.15) is 31.7 Å². The van der Waals surface area contributed by atoms with Crippen molar-refractivity contribution in [3.8, 4) is 0 Å². The number of hydrogen-bond acceptors (Lipinski definition) is 3. The molecular weight excluding hydrogens is 326 g/mol. The molecule has 0 amide bonds. The molecule has 2 aliphatic heterocycles. The maximum absolute atomic E-state index is 3.78. The number of anilines is 1. The van der Waals surface area contributed by atoms with Crippen LogP contribution in [0.3, 0.4) is 0 Å². The molecule has 2 heterocycles. The number of piperidine rings is 1. The molecular formula is C17H26BrN3. The third kappa shape index (κ3) is 3.61. The average Bonchev–Trinajstić information content (AvgIpc) is 2.52. The van der Waals surface area contributed by atoms with Gasteiger partial charge < -0.3 is 10.2 Å². The molecule has 2 aliphatic rings. The molecule has 21 heavy (non-hydrogen) atoms. The Hall–Kier alpha value is -0.580. The van der Waals surface area contributed by atoms with Crippen molar-refractivity contribution in [3.05, 3.63) is 28.2 Å². The molecule has 2 fully saturated rings. The molecule has 1 aromatic carbocycles. The Morgan fingerprint density at radius 2 is 2.14 bits per heavy atom. The van der Waals surface area contributed by atoms with E-state index >= 15 is 0 Å². The number of nitrogens with one attached hydrogen (secondary N) is 1. The Morgan fingerprint density at radius 3 is 2.95 bits per heavy atom. The van der Waals surface area contributed by atoms with Crippen molar-refractivity contribution in [1.29, 1.82) is 0 Å². The summed E-state index contributed by atoms with van der Waals surface area (Å²) in [5.74, 6) is 0. The lowest BCUT2D eigenvalue weighted by molar-refractivity contribution is 0.133. The van der Waals surface area contributed by atoms with Crippen molar-refractivity contribution in [1.82, 2.24) is 10.2 Å². The monoisotopic (exact) mass is 351 g/mol. The number of halogens is 1. The van der Waals surface area contributed by atoms with Crippen molar-refractivity contribution in [2.75, 3.05) is 37.6 Å². The Balaban J connectivity index is 1.68. The minimum Gasteiger partial charge on any atom is -0.368 e. The smallest absolute Gasteiger partial charge is 0.0511 e. The first-order valence-electron chi connectivity index (χ1n) is 8.26. The van der Waals surface area contributed by atoms with Gasteiger partial charge in [-0.15, -0.1) is 0 Å². The lowest BCUT2D eigenvalue weighted by Gasteiger charge is -2.45. The number of benzene rings is 1. The zero-order valence-electron chi connectivity index (χ0n) is 12.9. The highest BCUT2D eigenvalue weighted by molar-refractivity contribution is 9.10. The van der Waals surface area contributed by atoms with E-state index in [4.69, 9.17) is 0 Å². The molecule has 0 saturated carbocycles. The number of piperazine rings is 1. The fraction of sp³-hybridized carbons (Fsp3) is 0.647. The van der Waals surface area contributed by atoms with Crippen molar-refractivity contribution < 1.29 is 0 Å². The van der Waals surface area contributed by atoms with Crippen molar-refractivity contribution in [3.63, 3.8) is 0 Å². The Labute approximate surface area is 136 Å². The fourth-order valence-electron chi connectivity index (χ4n) is 3.56. The van der Waals surface area contributed by atoms with E-state index in [9.17, 15) is 0 Å². The van der Waals surface area contributed by atoms with E-state index in [0.29, 0.717) is 0 Å². The van der Waals surface area contributed by atoms with Crippen molar-refractivity contribution in [2.24, 2.45) is 0 Å². The molecule has 116 valence electrons. The summed E-state index contributed by atoms with van der Waals surface area (Å²) in [6, 6.07) is 7.58. The van der Waals surface area contributed by atoms with Gasteiger partial charge in [0.1, 0.15) is 0 Å². The van der Waals surface area contributed by atoms with Gasteiger partial charge in [0.2, 0.25) is 0 Å². The zero-order chi connectivity index (χ0) is 14.7. The number of fused-ring (bicyclic) bond motifs is 1. The Kier molecular flexibility index (Phi) is 5.19. The van der Waals surface area contributed by atoms with E-state index < -0.39 is 0 Å². The fourth-order valence-corrected chi connectivity index (χ4v) is 4.24. The van der Waals surface area contributed by atoms with Gasteiger partial charge in [0.05, 0.1) is 5.69 Å². The summed E-state index contributed by atoms with van der Waals surface area (Å²) in [6.45, 7) is 8.98. The summed E-state index contributed by atoms with van der Waals surface area (Å²) in [4.78, 5) is 5.25. The van der Waals surface area contributed by atoms with Gasteiger partial charge in [0, 0.05) is 36.7 Å². The van der Waals surface area contributed by atoms with Crippen LogP contribution in [0, 0.1) is 0 Å². The Morgan fingerprint density at radius 1 is 1.24 bits per heavy atom. The largest absolute Gasteiger partial charge is 0.368 e. The lowest BCUT2D eigenvalue weighted by Crippen LogP contribution is -2.55. The maximum atomic E-state index is 3.78. The van der Waals surface area contributed by atoms with E-state index in [1.165, 1.54) is 54.6 Å². The molecule has 3 nitrogen and oxygen atoms in total. The Bertz CT molecular complexity index is 477. The second-order valence-electron chi connectivity index (χ2n) is 6.20. The SMILES string of the molecule is CCNCc1ccc(N2CCN3CCCCC3C2)c(Br)c1. The van der Waals surface area contributed by atoms with Gasteiger partial charge in [-0.3, -0.25) is 4.90 Å². The summed E-state index contributed by atoms with van der Waals surface area (Å²) in [5.41, 5.74) is 2.71. The summed E-state index contributed by atoms with van der Waals surface area (Å²) >= 11 is 3.78. The lowest BCUT2D eigenvalue weighted by atomic mass is 9.99. The molecule has 0 bridgehead atoms. The molecule has 1 aromatic rings. The number of hydrogen-bond donors (Lipinski definition) is 1. The minimum absolute atomic E-state index is 0.765. The highest BCUT2D eigenvalue weighted by Crippen LogP contribution is 2.31. The molecule has 1 N–H and O–H groups in total. The van der Waals surface area contributed by atoms with Crippen molar-refractivity contribution in [2.45, 2.75) is 38.8 Å². The van der Waals surface area contributed by atoms with Gasteiger partial charge in [0.25, 0.3) is 0 Å². The predicted octanol–water partition coefficient (Wildman–Crippen LogP) is 3.23. The van der Waals surface area contributed by atoms with Crippen LogP contribution in [0.4, 0.5) is 5.69 Å². The van der Waals surface area contributed by atoms with E-state index in [0.717, 1.165) is 25.7 Å². The van der Waals surface area contributed by atoms with Crippen LogP contribution in [0.25, 0.3) is 0 Å².